The number of carbonyl (C=O) groups excluding carboxylic acids is 2. The quantitative estimate of drug-likeness (QED) is 0.581. The van der Waals surface area contributed by atoms with Gasteiger partial charge in [0, 0.05) is 33.4 Å². The van der Waals surface area contributed by atoms with Gasteiger partial charge in [0.1, 0.15) is 11.4 Å². The molecule has 0 radical (unpaired) electrons. The molecule has 176 valence electrons. The van der Waals surface area contributed by atoms with E-state index in [4.69, 9.17) is 4.74 Å². The lowest BCUT2D eigenvalue weighted by atomic mass is 9.81. The molecular formula is C21H31N5O5S. The van der Waals surface area contributed by atoms with Crippen LogP contribution >= 0.6 is 0 Å². The van der Waals surface area contributed by atoms with Gasteiger partial charge in [-0.1, -0.05) is 19.3 Å². The molecule has 10 nitrogen and oxygen atoms in total. The fourth-order valence-electron chi connectivity index (χ4n) is 4.36. The lowest BCUT2D eigenvalue weighted by molar-refractivity contribution is -0.157. The van der Waals surface area contributed by atoms with Crippen molar-refractivity contribution >= 4 is 21.9 Å². The number of hydrogen-bond acceptors (Lipinski definition) is 7. The van der Waals surface area contributed by atoms with Gasteiger partial charge >= 0.3 is 5.97 Å². The third-order valence-electron chi connectivity index (χ3n) is 6.72. The molecule has 3 rings (SSSR count). The second kappa shape index (κ2) is 9.58. The molecule has 0 bridgehead atoms. The number of imidazole rings is 1. The van der Waals surface area contributed by atoms with Crippen molar-refractivity contribution in [3.05, 3.63) is 12.0 Å². The Morgan fingerprint density at radius 2 is 1.91 bits per heavy atom. The van der Waals surface area contributed by atoms with Gasteiger partial charge in [0.05, 0.1) is 12.0 Å². The van der Waals surface area contributed by atoms with E-state index >= 15 is 0 Å². The summed E-state index contributed by atoms with van der Waals surface area (Å²) in [5.74, 6) is -0.771. The number of amides is 1. The van der Waals surface area contributed by atoms with E-state index in [0.29, 0.717) is 31.5 Å². The molecule has 0 N–H and O–H groups in total. The Kier molecular flexibility index (Phi) is 7.25. The second-order valence-corrected chi connectivity index (χ2v) is 10.6. The Labute approximate surface area is 189 Å². The van der Waals surface area contributed by atoms with Gasteiger partial charge in [-0.05, 0) is 32.6 Å². The fourth-order valence-corrected chi connectivity index (χ4v) is 5.85. The Bertz CT molecular complexity index is 979. The first-order valence-electron chi connectivity index (χ1n) is 11.0. The maximum absolute atomic E-state index is 12.8. The smallest absolute Gasteiger partial charge is 0.309 e. The van der Waals surface area contributed by atoms with E-state index in [-0.39, 0.29) is 18.1 Å². The summed E-state index contributed by atoms with van der Waals surface area (Å²) < 4.78 is 33.8. The first-order valence-corrected chi connectivity index (χ1v) is 12.4. The van der Waals surface area contributed by atoms with Crippen LogP contribution in [0, 0.1) is 24.2 Å². The van der Waals surface area contributed by atoms with Gasteiger partial charge in [-0.15, -0.1) is 0 Å². The average molecular weight is 466 g/mol. The first kappa shape index (κ1) is 24.2. The van der Waals surface area contributed by atoms with E-state index in [1.165, 1.54) is 15.4 Å². The number of esters is 1. The van der Waals surface area contributed by atoms with Gasteiger partial charge in [0.15, 0.2) is 11.6 Å². The van der Waals surface area contributed by atoms with Crippen LogP contribution in [0.2, 0.25) is 0 Å². The number of nitriles is 1. The molecule has 1 amide bonds. The molecule has 1 aromatic rings. The number of ether oxygens (including phenoxy) is 1. The van der Waals surface area contributed by atoms with E-state index in [1.807, 2.05) is 0 Å². The van der Waals surface area contributed by atoms with Crippen molar-refractivity contribution in [2.45, 2.75) is 62.4 Å². The van der Waals surface area contributed by atoms with Crippen molar-refractivity contribution in [1.82, 2.24) is 18.8 Å². The summed E-state index contributed by atoms with van der Waals surface area (Å²) in [6.07, 6.45) is 6.20. The highest BCUT2D eigenvalue weighted by Crippen LogP contribution is 2.32. The van der Waals surface area contributed by atoms with E-state index in [9.17, 15) is 23.3 Å². The van der Waals surface area contributed by atoms with Crippen molar-refractivity contribution < 1.29 is 22.7 Å². The molecule has 32 heavy (non-hydrogen) atoms. The van der Waals surface area contributed by atoms with E-state index in [0.717, 1.165) is 19.3 Å². The van der Waals surface area contributed by atoms with Crippen LogP contribution in [0.15, 0.2) is 11.2 Å². The van der Waals surface area contributed by atoms with Crippen molar-refractivity contribution in [3.63, 3.8) is 0 Å². The average Bonchev–Trinajstić information content (AvgIpc) is 3.16. The maximum atomic E-state index is 12.8. The highest BCUT2D eigenvalue weighted by Gasteiger charge is 2.39. The molecule has 1 aliphatic carbocycles. The Hall–Kier alpha value is -2.45. The van der Waals surface area contributed by atoms with Crippen LogP contribution in [0.25, 0.3) is 0 Å². The minimum atomic E-state index is -3.71. The van der Waals surface area contributed by atoms with Crippen LogP contribution in [0.3, 0.4) is 0 Å². The number of sulfonamides is 1. The summed E-state index contributed by atoms with van der Waals surface area (Å²) in [7, 11) is -0.392. The number of aryl methyl sites for hydroxylation is 2. The molecule has 11 heteroatoms. The molecule has 2 aliphatic rings. The van der Waals surface area contributed by atoms with Crippen molar-refractivity contribution in [3.8, 4) is 6.07 Å². The highest BCUT2D eigenvalue weighted by molar-refractivity contribution is 7.89. The zero-order valence-electron chi connectivity index (χ0n) is 18.9. The lowest BCUT2D eigenvalue weighted by Crippen LogP contribution is -2.51. The normalized spacial score (nSPS) is 19.8. The van der Waals surface area contributed by atoms with Crippen LogP contribution in [0.1, 0.15) is 50.8 Å². The molecular weight excluding hydrogens is 434 g/mol. The van der Waals surface area contributed by atoms with Gasteiger partial charge in [-0.3, -0.25) is 9.59 Å². The fraction of sp³-hybridized carbons (Fsp3) is 0.714. The Morgan fingerprint density at radius 3 is 2.44 bits per heavy atom. The van der Waals surface area contributed by atoms with Crippen LogP contribution < -0.4 is 0 Å². The molecule has 0 aromatic carbocycles. The summed E-state index contributed by atoms with van der Waals surface area (Å²) in [4.78, 5) is 30.6. The molecule has 1 saturated carbocycles. The molecule has 0 atom stereocenters. The molecule has 0 unspecified atom stereocenters. The van der Waals surface area contributed by atoms with Crippen LogP contribution in [0.4, 0.5) is 0 Å². The van der Waals surface area contributed by atoms with Gasteiger partial charge in [-0.2, -0.15) is 9.57 Å². The van der Waals surface area contributed by atoms with Crippen molar-refractivity contribution in [2.75, 3.05) is 26.7 Å². The number of likely N-dealkylation sites (N-methyl/N-ethyl adjacent to an activating group) is 1. The summed E-state index contributed by atoms with van der Waals surface area (Å²) in [6.45, 7) is 1.68. The summed E-state index contributed by atoms with van der Waals surface area (Å²) in [5, 5.41) is 9.62. The maximum Gasteiger partial charge on any atom is 0.309 e. The SMILES string of the molecule is Cc1nc(S(=O)(=O)N2CCC(C(=O)OCC(=O)N(C)C3(C#N)CCCCC3)CC2)cn1C. The number of carbonyl (C=O) groups is 2. The second-order valence-electron chi connectivity index (χ2n) is 8.68. The van der Waals surface area contributed by atoms with Gasteiger partial charge < -0.3 is 14.2 Å². The van der Waals surface area contributed by atoms with Gasteiger partial charge in [0.25, 0.3) is 15.9 Å². The minimum Gasteiger partial charge on any atom is -0.455 e. The van der Waals surface area contributed by atoms with Crippen molar-refractivity contribution in [1.29, 1.82) is 5.26 Å². The zero-order chi connectivity index (χ0) is 23.5. The topological polar surface area (TPSA) is 126 Å². The largest absolute Gasteiger partial charge is 0.455 e. The predicted octanol–water partition coefficient (Wildman–Crippen LogP) is 1.36. The van der Waals surface area contributed by atoms with Gasteiger partial charge in [-0.25, -0.2) is 13.4 Å². The molecule has 2 heterocycles. The molecule has 1 aromatic heterocycles. The number of nitrogens with zero attached hydrogens (tertiary/aromatic N) is 5. The van der Waals surface area contributed by atoms with E-state index in [2.05, 4.69) is 11.1 Å². The number of aromatic nitrogens is 2. The third-order valence-corrected chi connectivity index (χ3v) is 8.49. The van der Waals surface area contributed by atoms with Crippen LogP contribution in [-0.4, -0.2) is 71.3 Å². The summed E-state index contributed by atoms with van der Waals surface area (Å²) in [6, 6.07) is 2.28. The predicted molar refractivity (Wildman–Crippen MR) is 115 cm³/mol. The standard InChI is InChI=1S/C21H31N5O5S/c1-16-23-18(13-24(16)2)32(29,30)26-11-7-17(8-12-26)20(28)31-14-19(27)25(3)21(15-22)9-5-4-6-10-21/h13,17H,4-12,14H2,1-3H3. The van der Waals surface area contributed by atoms with Crippen LogP contribution in [0.5, 0.6) is 0 Å². The van der Waals surface area contributed by atoms with E-state index in [1.54, 1.807) is 25.6 Å². The van der Waals surface area contributed by atoms with Crippen LogP contribution in [-0.2, 0) is 31.4 Å². The van der Waals surface area contributed by atoms with Crippen molar-refractivity contribution in [2.24, 2.45) is 13.0 Å². The third kappa shape index (κ3) is 4.81. The first-order chi connectivity index (χ1) is 15.1. The molecule has 0 spiro atoms. The summed E-state index contributed by atoms with van der Waals surface area (Å²) in [5.41, 5.74) is -0.828. The lowest BCUT2D eigenvalue weighted by Gasteiger charge is -2.39. The monoisotopic (exact) mass is 465 g/mol. The van der Waals surface area contributed by atoms with Gasteiger partial charge in [0.2, 0.25) is 0 Å². The Morgan fingerprint density at radius 1 is 1.28 bits per heavy atom. The molecule has 1 saturated heterocycles. The van der Waals surface area contributed by atoms with E-state index < -0.39 is 40.0 Å². The zero-order valence-corrected chi connectivity index (χ0v) is 19.7. The summed E-state index contributed by atoms with van der Waals surface area (Å²) >= 11 is 0. The minimum absolute atomic E-state index is 0.00120. The highest BCUT2D eigenvalue weighted by atomic mass is 32.2. The number of piperidine rings is 1. The number of rotatable bonds is 6. The molecule has 1 aliphatic heterocycles. The number of hydrogen-bond donors (Lipinski definition) is 0. The Balaban J connectivity index is 1.51. The molecule has 2 fully saturated rings.